The van der Waals surface area contributed by atoms with Gasteiger partial charge in [-0.05, 0) is 6.92 Å². The van der Waals surface area contributed by atoms with Gasteiger partial charge >= 0.3 is 12.0 Å². The van der Waals surface area contributed by atoms with Crippen molar-refractivity contribution in [2.75, 3.05) is 24.6 Å². The molecule has 1 aliphatic rings. The average Bonchev–Trinajstić information content (AvgIpc) is 2.78. The van der Waals surface area contributed by atoms with Gasteiger partial charge in [0.05, 0.1) is 12.2 Å². The molecule has 0 bridgehead atoms. The molecular formula is C11H15N3O4S2. The van der Waals surface area contributed by atoms with Crippen LogP contribution in [0, 0.1) is 6.92 Å². The Morgan fingerprint density at radius 2 is 2.10 bits per heavy atom. The van der Waals surface area contributed by atoms with E-state index in [1.54, 1.807) is 11.8 Å². The zero-order valence-corrected chi connectivity index (χ0v) is 12.6. The van der Waals surface area contributed by atoms with Gasteiger partial charge in [0.2, 0.25) is 0 Å². The molecule has 2 rings (SSSR count). The Hall–Kier alpha value is -1.48. The summed E-state index contributed by atoms with van der Waals surface area (Å²) in [5.41, 5.74) is 0.458. The summed E-state index contributed by atoms with van der Waals surface area (Å²) in [4.78, 5) is 28.7. The average molecular weight is 317 g/mol. The minimum atomic E-state index is -1.00. The standard InChI is InChI=1S/C11H15N3O4S2/c1-7-9(10(15)16)19-8(13-7)6-12-11(17)14-2-4-20(18)5-3-14/h2-6H2,1H3,(H,12,17)(H,15,16). The Morgan fingerprint density at radius 3 is 2.65 bits per heavy atom. The zero-order valence-electron chi connectivity index (χ0n) is 10.9. The summed E-state index contributed by atoms with van der Waals surface area (Å²) in [5, 5.41) is 12.2. The molecule has 0 radical (unpaired) electrons. The number of hydrogen-bond donors (Lipinski definition) is 2. The fourth-order valence-electron chi connectivity index (χ4n) is 1.83. The van der Waals surface area contributed by atoms with E-state index in [0.717, 1.165) is 11.3 Å². The van der Waals surface area contributed by atoms with Crippen LogP contribution in [0.3, 0.4) is 0 Å². The molecule has 1 aromatic rings. The molecule has 20 heavy (non-hydrogen) atoms. The lowest BCUT2D eigenvalue weighted by atomic mass is 10.4. The number of rotatable bonds is 3. The van der Waals surface area contributed by atoms with Crippen molar-refractivity contribution in [1.82, 2.24) is 15.2 Å². The lowest BCUT2D eigenvalue weighted by Gasteiger charge is -2.26. The van der Waals surface area contributed by atoms with Gasteiger partial charge in [0.1, 0.15) is 9.88 Å². The van der Waals surface area contributed by atoms with Gasteiger partial charge in [-0.25, -0.2) is 14.6 Å². The van der Waals surface area contributed by atoms with Crippen molar-refractivity contribution in [2.45, 2.75) is 13.5 Å². The highest BCUT2D eigenvalue weighted by atomic mass is 32.2. The first-order chi connectivity index (χ1) is 9.47. The number of urea groups is 1. The number of hydrogen-bond acceptors (Lipinski definition) is 5. The van der Waals surface area contributed by atoms with E-state index < -0.39 is 16.8 Å². The van der Waals surface area contributed by atoms with Crippen molar-refractivity contribution in [3.05, 3.63) is 15.6 Å². The second kappa shape index (κ2) is 6.31. The first-order valence-corrected chi connectivity index (χ1v) is 8.35. The van der Waals surface area contributed by atoms with E-state index in [-0.39, 0.29) is 17.5 Å². The van der Waals surface area contributed by atoms with E-state index in [2.05, 4.69) is 10.3 Å². The second-order valence-electron chi connectivity index (χ2n) is 4.32. The summed E-state index contributed by atoms with van der Waals surface area (Å²) >= 11 is 1.06. The summed E-state index contributed by atoms with van der Waals surface area (Å²) in [7, 11) is -0.820. The quantitative estimate of drug-likeness (QED) is 0.842. The van der Waals surface area contributed by atoms with Crippen LogP contribution in [0.1, 0.15) is 20.4 Å². The van der Waals surface area contributed by atoms with Crippen LogP contribution in [0.15, 0.2) is 0 Å². The highest BCUT2D eigenvalue weighted by Crippen LogP contribution is 2.17. The van der Waals surface area contributed by atoms with Crippen LogP contribution in [0.4, 0.5) is 4.79 Å². The van der Waals surface area contributed by atoms with Gasteiger partial charge in [-0.1, -0.05) is 0 Å². The summed E-state index contributed by atoms with van der Waals surface area (Å²) in [5.74, 6) is 0.0102. The number of carboxylic acids is 1. The first kappa shape index (κ1) is 14.9. The third-order valence-electron chi connectivity index (χ3n) is 2.89. The van der Waals surface area contributed by atoms with Crippen LogP contribution in [-0.2, 0) is 17.3 Å². The Balaban J connectivity index is 1.88. The maximum absolute atomic E-state index is 11.9. The van der Waals surface area contributed by atoms with E-state index in [1.807, 2.05) is 0 Å². The molecule has 110 valence electrons. The van der Waals surface area contributed by atoms with Crippen molar-refractivity contribution in [3.63, 3.8) is 0 Å². The van der Waals surface area contributed by atoms with Crippen molar-refractivity contribution < 1.29 is 18.9 Å². The summed E-state index contributed by atoms with van der Waals surface area (Å²) < 4.78 is 11.2. The van der Waals surface area contributed by atoms with Gasteiger partial charge in [0, 0.05) is 35.4 Å². The third-order valence-corrected chi connectivity index (χ3v) is 5.31. The molecule has 7 nitrogen and oxygen atoms in total. The molecule has 2 N–H and O–H groups in total. The molecule has 0 aliphatic carbocycles. The molecule has 1 aliphatic heterocycles. The lowest BCUT2D eigenvalue weighted by molar-refractivity contribution is 0.0701. The Morgan fingerprint density at radius 1 is 1.45 bits per heavy atom. The van der Waals surface area contributed by atoms with Crippen LogP contribution in [-0.4, -0.2) is 55.8 Å². The molecule has 0 aromatic carbocycles. The molecule has 0 saturated carbocycles. The SMILES string of the molecule is Cc1nc(CNC(=O)N2CCS(=O)CC2)sc1C(=O)O. The van der Waals surface area contributed by atoms with Crippen molar-refractivity contribution in [2.24, 2.45) is 0 Å². The molecule has 1 saturated heterocycles. The number of nitrogens with zero attached hydrogens (tertiary/aromatic N) is 2. The third kappa shape index (κ3) is 3.54. The van der Waals surface area contributed by atoms with Crippen LogP contribution < -0.4 is 5.32 Å². The predicted octanol–water partition coefficient (Wildman–Crippen LogP) is 0.424. The van der Waals surface area contributed by atoms with E-state index in [4.69, 9.17) is 5.11 Å². The minimum Gasteiger partial charge on any atom is -0.477 e. The molecule has 2 amide bonds. The Kier molecular flexibility index (Phi) is 4.71. The monoisotopic (exact) mass is 317 g/mol. The molecule has 2 heterocycles. The van der Waals surface area contributed by atoms with Crippen LogP contribution in [0.2, 0.25) is 0 Å². The van der Waals surface area contributed by atoms with Crippen LogP contribution in [0.25, 0.3) is 0 Å². The Labute approximate surface area is 122 Å². The van der Waals surface area contributed by atoms with E-state index in [1.165, 1.54) is 0 Å². The maximum Gasteiger partial charge on any atom is 0.347 e. The number of carboxylic acid groups (broad SMARTS) is 1. The second-order valence-corrected chi connectivity index (χ2v) is 7.10. The highest BCUT2D eigenvalue weighted by Gasteiger charge is 2.20. The van der Waals surface area contributed by atoms with Gasteiger partial charge in [-0.3, -0.25) is 4.21 Å². The van der Waals surface area contributed by atoms with Crippen LogP contribution >= 0.6 is 11.3 Å². The molecule has 0 atom stereocenters. The van der Waals surface area contributed by atoms with Crippen LogP contribution in [0.5, 0.6) is 0 Å². The number of aromatic carboxylic acids is 1. The minimum absolute atomic E-state index is 0.197. The predicted molar refractivity (Wildman–Crippen MR) is 75.5 cm³/mol. The number of aromatic nitrogens is 1. The van der Waals surface area contributed by atoms with Gasteiger partial charge in [0.15, 0.2) is 0 Å². The van der Waals surface area contributed by atoms with Gasteiger partial charge in [0.25, 0.3) is 0 Å². The fraction of sp³-hybridized carbons (Fsp3) is 0.545. The largest absolute Gasteiger partial charge is 0.477 e. The number of carbonyl (C=O) groups excluding carboxylic acids is 1. The maximum atomic E-state index is 11.9. The fourth-order valence-corrected chi connectivity index (χ4v) is 3.73. The zero-order chi connectivity index (χ0) is 14.7. The van der Waals surface area contributed by atoms with Gasteiger partial charge in [-0.2, -0.15) is 0 Å². The number of carbonyl (C=O) groups is 2. The van der Waals surface area contributed by atoms with Crippen molar-refractivity contribution in [3.8, 4) is 0 Å². The van der Waals surface area contributed by atoms with Gasteiger partial charge < -0.3 is 15.3 Å². The molecule has 0 unspecified atom stereocenters. The number of nitrogens with one attached hydrogen (secondary N) is 1. The van der Waals surface area contributed by atoms with Crippen molar-refractivity contribution in [1.29, 1.82) is 0 Å². The lowest BCUT2D eigenvalue weighted by Crippen LogP contribution is -2.46. The first-order valence-electron chi connectivity index (χ1n) is 6.04. The Bertz CT molecular complexity index is 548. The van der Waals surface area contributed by atoms with Crippen molar-refractivity contribution >= 4 is 34.1 Å². The number of aryl methyl sites for hydroxylation is 1. The number of thiazole rings is 1. The summed E-state index contributed by atoms with van der Waals surface area (Å²) in [6.07, 6.45) is 0. The molecule has 1 aromatic heterocycles. The molecule has 9 heteroatoms. The molecule has 0 spiro atoms. The normalized spacial score (nSPS) is 16.1. The van der Waals surface area contributed by atoms with Gasteiger partial charge in [-0.15, -0.1) is 11.3 Å². The highest BCUT2D eigenvalue weighted by molar-refractivity contribution is 7.85. The number of amides is 2. The van der Waals surface area contributed by atoms with E-state index >= 15 is 0 Å². The summed E-state index contributed by atoms with van der Waals surface area (Å²) in [6.45, 7) is 2.80. The van der Waals surface area contributed by atoms with E-state index in [0.29, 0.717) is 35.3 Å². The molecule has 1 fully saturated rings. The summed E-state index contributed by atoms with van der Waals surface area (Å²) in [6, 6.07) is -0.230. The topological polar surface area (TPSA) is 99.6 Å². The molecular weight excluding hydrogens is 302 g/mol. The smallest absolute Gasteiger partial charge is 0.347 e. The van der Waals surface area contributed by atoms with E-state index in [9.17, 15) is 13.8 Å².